The van der Waals surface area contributed by atoms with Gasteiger partial charge in [-0.25, -0.2) is 9.18 Å². The number of halogens is 12. The minimum absolute atomic E-state index is 0.690. The van der Waals surface area contributed by atoms with Gasteiger partial charge in [0.15, 0.2) is 6.67 Å². The summed E-state index contributed by atoms with van der Waals surface area (Å²) in [5.41, 5.74) is -0.872. The highest BCUT2D eigenvalue weighted by atomic mass is 19.4. The maximum atomic E-state index is 13.2. The molecule has 0 radical (unpaired) electrons. The Hall–Kier alpha value is -1.63. The molecule has 0 aliphatic carbocycles. The topological polar surface area (TPSA) is 26.3 Å². The number of hydrogen-bond acceptors (Lipinski definition) is 2. The Kier molecular flexibility index (Phi) is 6.16. The Morgan fingerprint density at radius 1 is 0.920 bits per heavy atom. The lowest BCUT2D eigenvalue weighted by Crippen LogP contribution is -2.69. The standard InChI is InChI=1S/C11H8F12O2/c1-4(2)5(24)25-6(13)8(16,17)10(20,21)11(22,23)9(18,19)7(14,15)3-12/h6H,1,3H2,2H3. The lowest BCUT2D eigenvalue weighted by Gasteiger charge is -2.39. The van der Waals surface area contributed by atoms with Crippen molar-refractivity contribution in [2.45, 2.75) is 42.9 Å². The predicted molar refractivity (Wildman–Crippen MR) is 56.5 cm³/mol. The largest absolute Gasteiger partial charge is 0.421 e. The molecule has 0 amide bonds. The zero-order chi connectivity index (χ0) is 20.6. The van der Waals surface area contributed by atoms with Gasteiger partial charge in [0.05, 0.1) is 0 Å². The van der Waals surface area contributed by atoms with Gasteiger partial charge in [0, 0.05) is 5.57 Å². The summed E-state index contributed by atoms with van der Waals surface area (Å²) in [7, 11) is 0. The Morgan fingerprint density at radius 3 is 1.64 bits per heavy atom. The van der Waals surface area contributed by atoms with Crippen LogP contribution in [0.5, 0.6) is 0 Å². The minimum atomic E-state index is -7.64. The Bertz CT molecular complexity index is 527. The van der Waals surface area contributed by atoms with Gasteiger partial charge in [-0.15, -0.1) is 0 Å². The van der Waals surface area contributed by atoms with Crippen LogP contribution in [0.1, 0.15) is 6.92 Å². The summed E-state index contributed by atoms with van der Waals surface area (Å²) >= 11 is 0. The lowest BCUT2D eigenvalue weighted by atomic mass is 9.94. The van der Waals surface area contributed by atoms with E-state index in [-0.39, 0.29) is 0 Å². The number of alkyl halides is 12. The monoisotopic (exact) mass is 400 g/mol. The number of esters is 1. The van der Waals surface area contributed by atoms with E-state index in [0.29, 0.717) is 6.92 Å². The van der Waals surface area contributed by atoms with Crippen molar-refractivity contribution in [2.24, 2.45) is 0 Å². The van der Waals surface area contributed by atoms with Crippen molar-refractivity contribution in [2.75, 3.05) is 6.67 Å². The van der Waals surface area contributed by atoms with E-state index in [2.05, 4.69) is 11.3 Å². The molecule has 0 saturated heterocycles. The smallest absolute Gasteiger partial charge is 0.385 e. The molecule has 14 heteroatoms. The number of carbonyl (C=O) groups excluding carboxylic acids is 1. The van der Waals surface area contributed by atoms with Crippen LogP contribution >= 0.6 is 0 Å². The first-order valence-corrected chi connectivity index (χ1v) is 5.77. The quantitative estimate of drug-likeness (QED) is 0.340. The third-order valence-corrected chi connectivity index (χ3v) is 2.68. The van der Waals surface area contributed by atoms with Crippen LogP contribution in [0, 0.1) is 0 Å². The van der Waals surface area contributed by atoms with Crippen LogP contribution in [0.2, 0.25) is 0 Å². The van der Waals surface area contributed by atoms with E-state index >= 15 is 0 Å². The fourth-order valence-corrected chi connectivity index (χ4v) is 1.13. The van der Waals surface area contributed by atoms with E-state index in [1.165, 1.54) is 0 Å². The van der Waals surface area contributed by atoms with Crippen LogP contribution in [0.15, 0.2) is 12.2 Å². The molecule has 0 aliphatic heterocycles. The summed E-state index contributed by atoms with van der Waals surface area (Å²) in [6, 6.07) is 0. The summed E-state index contributed by atoms with van der Waals surface area (Å²) in [5.74, 6) is -38.0. The van der Waals surface area contributed by atoms with E-state index in [0.717, 1.165) is 0 Å². The van der Waals surface area contributed by atoms with Gasteiger partial charge in [-0.2, -0.15) is 48.3 Å². The normalized spacial score (nSPS) is 15.7. The molecule has 0 N–H and O–H groups in total. The van der Waals surface area contributed by atoms with Crippen LogP contribution in [0.25, 0.3) is 0 Å². The number of ether oxygens (including phenoxy) is 1. The molecular weight excluding hydrogens is 392 g/mol. The van der Waals surface area contributed by atoms with Gasteiger partial charge in [0.1, 0.15) is 0 Å². The first kappa shape index (κ1) is 23.4. The molecule has 0 aromatic heterocycles. The molecule has 148 valence electrons. The molecule has 0 bridgehead atoms. The van der Waals surface area contributed by atoms with Crippen LogP contribution in [-0.2, 0) is 9.53 Å². The van der Waals surface area contributed by atoms with Crippen molar-refractivity contribution in [1.29, 1.82) is 0 Å². The van der Waals surface area contributed by atoms with Crippen molar-refractivity contribution in [3.63, 3.8) is 0 Å². The molecule has 0 aliphatic rings. The zero-order valence-corrected chi connectivity index (χ0v) is 11.8. The van der Waals surface area contributed by atoms with Crippen LogP contribution in [0.4, 0.5) is 52.7 Å². The molecule has 0 saturated carbocycles. The van der Waals surface area contributed by atoms with Gasteiger partial charge in [0.2, 0.25) is 0 Å². The maximum Gasteiger partial charge on any atom is 0.385 e. The van der Waals surface area contributed by atoms with E-state index in [1.807, 2.05) is 0 Å². The first-order chi connectivity index (χ1) is 10.8. The van der Waals surface area contributed by atoms with Gasteiger partial charge >= 0.3 is 41.9 Å². The number of rotatable bonds is 8. The summed E-state index contributed by atoms with van der Waals surface area (Å²) in [6.07, 6.45) is -4.94. The van der Waals surface area contributed by atoms with Crippen LogP contribution < -0.4 is 0 Å². The molecule has 0 aromatic carbocycles. The SMILES string of the molecule is C=C(C)C(=O)OC(F)C(F)(F)C(F)(F)C(F)(F)C(F)(F)C(F)(F)CF. The average molecular weight is 400 g/mol. The highest BCUT2D eigenvalue weighted by molar-refractivity contribution is 5.87. The minimum Gasteiger partial charge on any atom is -0.421 e. The maximum absolute atomic E-state index is 13.2. The third kappa shape index (κ3) is 3.52. The second kappa shape index (κ2) is 6.59. The Labute approximate surface area is 131 Å². The van der Waals surface area contributed by atoms with Crippen LogP contribution in [-0.4, -0.2) is 48.6 Å². The molecule has 0 aromatic rings. The highest BCUT2D eigenvalue weighted by Gasteiger charge is 2.88. The summed E-state index contributed by atoms with van der Waals surface area (Å²) in [4.78, 5) is 10.7. The van der Waals surface area contributed by atoms with Crippen molar-refractivity contribution < 1.29 is 62.2 Å². The Morgan fingerprint density at radius 2 is 1.32 bits per heavy atom. The molecule has 25 heavy (non-hydrogen) atoms. The number of hydrogen-bond donors (Lipinski definition) is 0. The fraction of sp³-hybridized carbons (Fsp3) is 0.727. The van der Waals surface area contributed by atoms with Crippen molar-refractivity contribution >= 4 is 5.97 Å². The molecule has 0 fully saturated rings. The Balaban J connectivity index is 6.00. The van der Waals surface area contributed by atoms with Gasteiger partial charge < -0.3 is 4.74 Å². The fourth-order valence-electron chi connectivity index (χ4n) is 1.13. The van der Waals surface area contributed by atoms with Gasteiger partial charge in [-0.3, -0.25) is 0 Å². The molecule has 2 nitrogen and oxygen atoms in total. The predicted octanol–water partition coefficient (Wildman–Crippen LogP) is 4.55. The summed E-state index contributed by atoms with van der Waals surface area (Å²) in [6.45, 7) is -0.219. The average Bonchev–Trinajstić information content (AvgIpc) is 2.45. The van der Waals surface area contributed by atoms with Crippen molar-refractivity contribution in [3.05, 3.63) is 12.2 Å². The zero-order valence-electron chi connectivity index (χ0n) is 11.8. The summed E-state index contributed by atoms with van der Waals surface area (Å²) < 4.78 is 157. The third-order valence-electron chi connectivity index (χ3n) is 2.68. The van der Waals surface area contributed by atoms with Crippen molar-refractivity contribution in [3.8, 4) is 0 Å². The van der Waals surface area contributed by atoms with E-state index in [4.69, 9.17) is 0 Å². The summed E-state index contributed by atoms with van der Waals surface area (Å²) in [5, 5.41) is 0. The molecular formula is C11H8F12O2. The second-order valence-corrected chi connectivity index (χ2v) is 4.69. The van der Waals surface area contributed by atoms with Crippen LogP contribution in [0.3, 0.4) is 0 Å². The first-order valence-electron chi connectivity index (χ1n) is 5.77. The van der Waals surface area contributed by atoms with E-state index < -0.39 is 54.2 Å². The molecule has 0 spiro atoms. The van der Waals surface area contributed by atoms with Gasteiger partial charge in [0.25, 0.3) is 0 Å². The lowest BCUT2D eigenvalue weighted by molar-refractivity contribution is -0.417. The second-order valence-electron chi connectivity index (χ2n) is 4.69. The number of carbonyl (C=O) groups is 1. The van der Waals surface area contributed by atoms with Crippen molar-refractivity contribution in [1.82, 2.24) is 0 Å². The molecule has 0 heterocycles. The van der Waals surface area contributed by atoms with Gasteiger partial charge in [-0.05, 0) is 6.92 Å². The van der Waals surface area contributed by atoms with E-state index in [1.54, 1.807) is 0 Å². The van der Waals surface area contributed by atoms with E-state index in [9.17, 15) is 57.5 Å². The highest BCUT2D eigenvalue weighted by Crippen LogP contribution is 2.58. The molecule has 1 unspecified atom stereocenters. The molecule has 0 rings (SSSR count). The molecule has 1 atom stereocenters. The van der Waals surface area contributed by atoms with Gasteiger partial charge in [-0.1, -0.05) is 6.58 Å².